The maximum absolute atomic E-state index is 9.38. The monoisotopic (exact) mass is 313 g/mol. The smallest absolute Gasteiger partial charge is 0.159 e. The van der Waals surface area contributed by atoms with Crippen LogP contribution in [-0.2, 0) is 18.6 Å². The van der Waals surface area contributed by atoms with Crippen molar-refractivity contribution < 1.29 is 5.11 Å². The lowest BCUT2D eigenvalue weighted by molar-refractivity contribution is 0.248. The first-order valence-electron chi connectivity index (χ1n) is 6.31. The second kappa shape index (κ2) is 5.72. The number of aliphatic hydroxyl groups is 1. The van der Waals surface area contributed by atoms with Gasteiger partial charge in [0.05, 0.1) is 10.0 Å². The molecular weight excluding hydrogens is 297 g/mol. The Labute approximate surface area is 128 Å². The highest BCUT2D eigenvalue weighted by Gasteiger charge is 2.22. The third-order valence-electron chi connectivity index (χ3n) is 2.96. The molecule has 6 heteroatoms. The third kappa shape index (κ3) is 3.14. The molecule has 0 amide bonds. The van der Waals surface area contributed by atoms with E-state index in [1.165, 1.54) is 0 Å². The summed E-state index contributed by atoms with van der Waals surface area (Å²) in [6.07, 6.45) is 0.584. The van der Waals surface area contributed by atoms with Crippen LogP contribution in [0.4, 0.5) is 0 Å². The standard InChI is InChI=1S/C14H17Cl2N3O/c1-14(2,3)19-12(17-18-13(19)8-20)7-9-4-5-10(15)11(16)6-9/h4-6,20H,7-8H2,1-3H3. The van der Waals surface area contributed by atoms with E-state index in [0.29, 0.717) is 22.3 Å². The van der Waals surface area contributed by atoms with Crippen LogP contribution in [0.2, 0.25) is 10.0 Å². The molecule has 1 aromatic carbocycles. The van der Waals surface area contributed by atoms with Gasteiger partial charge in [0.1, 0.15) is 12.4 Å². The van der Waals surface area contributed by atoms with E-state index in [4.69, 9.17) is 23.2 Å². The first-order valence-corrected chi connectivity index (χ1v) is 7.07. The highest BCUT2D eigenvalue weighted by molar-refractivity contribution is 6.42. The van der Waals surface area contributed by atoms with E-state index in [-0.39, 0.29) is 12.1 Å². The van der Waals surface area contributed by atoms with E-state index in [2.05, 4.69) is 10.2 Å². The van der Waals surface area contributed by atoms with Crippen molar-refractivity contribution in [2.45, 2.75) is 39.3 Å². The van der Waals surface area contributed by atoms with E-state index >= 15 is 0 Å². The van der Waals surface area contributed by atoms with Crippen LogP contribution in [0.3, 0.4) is 0 Å². The van der Waals surface area contributed by atoms with Gasteiger partial charge in [0.15, 0.2) is 5.82 Å². The number of benzene rings is 1. The third-order valence-corrected chi connectivity index (χ3v) is 3.69. The van der Waals surface area contributed by atoms with Crippen LogP contribution in [0.25, 0.3) is 0 Å². The van der Waals surface area contributed by atoms with E-state index < -0.39 is 0 Å². The quantitative estimate of drug-likeness (QED) is 0.944. The summed E-state index contributed by atoms with van der Waals surface area (Å²) >= 11 is 11.9. The lowest BCUT2D eigenvalue weighted by Gasteiger charge is -2.24. The second-order valence-corrected chi connectivity index (χ2v) is 6.44. The van der Waals surface area contributed by atoms with E-state index in [1.54, 1.807) is 6.07 Å². The van der Waals surface area contributed by atoms with Gasteiger partial charge in [0.25, 0.3) is 0 Å². The van der Waals surface area contributed by atoms with Gasteiger partial charge >= 0.3 is 0 Å². The highest BCUT2D eigenvalue weighted by atomic mass is 35.5. The average Bonchev–Trinajstić information content (AvgIpc) is 2.76. The molecule has 0 atom stereocenters. The van der Waals surface area contributed by atoms with Crippen LogP contribution in [0.15, 0.2) is 18.2 Å². The van der Waals surface area contributed by atoms with Crippen molar-refractivity contribution in [3.8, 4) is 0 Å². The molecule has 0 unspecified atom stereocenters. The minimum Gasteiger partial charge on any atom is -0.388 e. The molecule has 108 valence electrons. The van der Waals surface area contributed by atoms with Crippen molar-refractivity contribution in [3.63, 3.8) is 0 Å². The Hall–Kier alpha value is -1.10. The lowest BCUT2D eigenvalue weighted by Crippen LogP contribution is -2.26. The Bertz CT molecular complexity index is 617. The van der Waals surface area contributed by atoms with Crippen LogP contribution < -0.4 is 0 Å². The number of rotatable bonds is 3. The first kappa shape index (κ1) is 15.3. The molecule has 1 N–H and O–H groups in total. The number of aromatic nitrogens is 3. The summed E-state index contributed by atoms with van der Waals surface area (Å²) in [7, 11) is 0. The van der Waals surface area contributed by atoms with Crippen molar-refractivity contribution in [3.05, 3.63) is 45.5 Å². The number of aliphatic hydroxyl groups excluding tert-OH is 1. The number of hydrogen-bond acceptors (Lipinski definition) is 3. The molecule has 0 aliphatic carbocycles. The summed E-state index contributed by atoms with van der Waals surface area (Å²) in [6.45, 7) is 6.02. The molecule has 0 aliphatic heterocycles. The summed E-state index contributed by atoms with van der Waals surface area (Å²) in [4.78, 5) is 0. The minimum atomic E-state index is -0.201. The van der Waals surface area contributed by atoms with Crippen LogP contribution in [0.5, 0.6) is 0 Å². The fraction of sp³-hybridized carbons (Fsp3) is 0.429. The average molecular weight is 314 g/mol. The normalized spacial score (nSPS) is 11.9. The van der Waals surface area contributed by atoms with E-state index in [9.17, 15) is 5.11 Å². The van der Waals surface area contributed by atoms with Crippen LogP contribution >= 0.6 is 23.2 Å². The van der Waals surface area contributed by atoms with Gasteiger partial charge in [-0.05, 0) is 38.5 Å². The molecule has 1 heterocycles. The Morgan fingerprint density at radius 2 is 1.75 bits per heavy atom. The zero-order valence-corrected chi connectivity index (χ0v) is 13.2. The van der Waals surface area contributed by atoms with Crippen molar-refractivity contribution >= 4 is 23.2 Å². The van der Waals surface area contributed by atoms with Gasteiger partial charge in [-0.15, -0.1) is 10.2 Å². The van der Waals surface area contributed by atoms with Gasteiger partial charge in [-0.1, -0.05) is 29.3 Å². The van der Waals surface area contributed by atoms with Crippen LogP contribution in [-0.4, -0.2) is 19.9 Å². The van der Waals surface area contributed by atoms with Crippen molar-refractivity contribution in [1.29, 1.82) is 0 Å². The molecule has 0 aliphatic rings. The summed E-state index contributed by atoms with van der Waals surface area (Å²) in [5.74, 6) is 1.35. The highest BCUT2D eigenvalue weighted by Crippen LogP contribution is 2.25. The van der Waals surface area contributed by atoms with Crippen LogP contribution in [0.1, 0.15) is 38.0 Å². The molecule has 0 fully saturated rings. The molecule has 0 spiro atoms. The topological polar surface area (TPSA) is 50.9 Å². The minimum absolute atomic E-state index is 0.133. The molecule has 1 aromatic heterocycles. The predicted molar refractivity (Wildman–Crippen MR) is 80.2 cm³/mol. The van der Waals surface area contributed by atoms with Gasteiger partial charge in [-0.25, -0.2) is 0 Å². The number of hydrogen-bond donors (Lipinski definition) is 1. The molecule has 0 saturated carbocycles. The molecule has 4 nitrogen and oxygen atoms in total. The zero-order chi connectivity index (χ0) is 14.9. The Morgan fingerprint density at radius 3 is 2.30 bits per heavy atom. The summed E-state index contributed by atoms with van der Waals surface area (Å²) < 4.78 is 1.95. The van der Waals surface area contributed by atoms with Gasteiger partial charge in [-0.3, -0.25) is 0 Å². The summed E-state index contributed by atoms with van der Waals surface area (Å²) in [5, 5.41) is 18.7. The molecule has 2 aromatic rings. The molecule has 0 radical (unpaired) electrons. The predicted octanol–water partition coefficient (Wildman–Crippen LogP) is 3.42. The second-order valence-electron chi connectivity index (χ2n) is 5.62. The van der Waals surface area contributed by atoms with Gasteiger partial charge < -0.3 is 9.67 Å². The van der Waals surface area contributed by atoms with Gasteiger partial charge in [0, 0.05) is 12.0 Å². The maximum atomic E-state index is 9.38. The fourth-order valence-corrected chi connectivity index (χ4v) is 2.50. The summed E-state index contributed by atoms with van der Waals surface area (Å²) in [6, 6.07) is 5.50. The molecule has 0 saturated heterocycles. The SMILES string of the molecule is CC(C)(C)n1c(CO)nnc1Cc1ccc(Cl)c(Cl)c1. The van der Waals surface area contributed by atoms with Crippen molar-refractivity contribution in [2.24, 2.45) is 0 Å². The molecule has 20 heavy (non-hydrogen) atoms. The zero-order valence-electron chi connectivity index (χ0n) is 11.7. The van der Waals surface area contributed by atoms with Crippen molar-refractivity contribution in [2.75, 3.05) is 0 Å². The molecule has 0 bridgehead atoms. The van der Waals surface area contributed by atoms with Crippen LogP contribution in [0, 0.1) is 0 Å². The van der Waals surface area contributed by atoms with E-state index in [0.717, 1.165) is 11.4 Å². The number of halogens is 2. The molecule has 2 rings (SSSR count). The van der Waals surface area contributed by atoms with Gasteiger partial charge in [-0.2, -0.15) is 0 Å². The van der Waals surface area contributed by atoms with Crippen molar-refractivity contribution in [1.82, 2.24) is 14.8 Å². The summed E-state index contributed by atoms with van der Waals surface area (Å²) in [5.41, 5.74) is 0.800. The van der Waals surface area contributed by atoms with Gasteiger partial charge in [0.2, 0.25) is 0 Å². The molecular formula is C14H17Cl2N3O. The Kier molecular flexibility index (Phi) is 4.37. The number of nitrogens with zero attached hydrogens (tertiary/aromatic N) is 3. The largest absolute Gasteiger partial charge is 0.388 e. The lowest BCUT2D eigenvalue weighted by atomic mass is 10.1. The first-order chi connectivity index (χ1) is 9.32. The maximum Gasteiger partial charge on any atom is 0.159 e. The van der Waals surface area contributed by atoms with E-state index in [1.807, 2.05) is 37.5 Å². The Balaban J connectivity index is 2.38. The Morgan fingerprint density at radius 1 is 1.10 bits per heavy atom. The fourth-order valence-electron chi connectivity index (χ4n) is 2.18.